The molecule has 26 heavy (non-hydrogen) atoms. The van der Waals surface area contributed by atoms with Crippen LogP contribution in [0.15, 0.2) is 48.5 Å². The van der Waals surface area contributed by atoms with Crippen LogP contribution in [0.3, 0.4) is 0 Å². The molecule has 0 spiro atoms. The van der Waals surface area contributed by atoms with Crippen molar-refractivity contribution in [2.75, 3.05) is 26.7 Å². The van der Waals surface area contributed by atoms with Gasteiger partial charge in [0, 0.05) is 37.0 Å². The van der Waals surface area contributed by atoms with E-state index in [2.05, 4.69) is 53.8 Å². The summed E-state index contributed by atoms with van der Waals surface area (Å²) >= 11 is 0. The van der Waals surface area contributed by atoms with Gasteiger partial charge in [0.05, 0.1) is 7.11 Å². The lowest BCUT2D eigenvalue weighted by Crippen LogP contribution is -2.48. The van der Waals surface area contributed by atoms with Crippen LogP contribution in [0, 0.1) is 5.41 Å². The Hall–Kier alpha value is -2.33. The van der Waals surface area contributed by atoms with Gasteiger partial charge in [-0.3, -0.25) is 0 Å². The van der Waals surface area contributed by atoms with Crippen LogP contribution in [-0.4, -0.2) is 43.8 Å². The third kappa shape index (κ3) is 2.21. The van der Waals surface area contributed by atoms with Crippen molar-refractivity contribution in [1.29, 1.82) is 0 Å². The summed E-state index contributed by atoms with van der Waals surface area (Å²) < 4.78 is 5.08. The van der Waals surface area contributed by atoms with Gasteiger partial charge in [0.15, 0.2) is 0 Å². The summed E-state index contributed by atoms with van der Waals surface area (Å²) in [5, 5.41) is 3.72. The summed E-state index contributed by atoms with van der Waals surface area (Å²) in [7, 11) is 1.48. The van der Waals surface area contributed by atoms with E-state index in [1.165, 1.54) is 29.4 Å². The second-order valence-corrected chi connectivity index (χ2v) is 7.94. The number of benzene rings is 2. The average Bonchev–Trinajstić information content (AvgIpc) is 2.80. The minimum atomic E-state index is -0.204. The molecule has 4 aliphatic rings. The van der Waals surface area contributed by atoms with E-state index in [0.717, 1.165) is 32.5 Å². The number of hydrogen-bond donors (Lipinski definition) is 1. The fourth-order valence-corrected chi connectivity index (χ4v) is 5.42. The highest BCUT2D eigenvalue weighted by atomic mass is 16.5. The molecule has 1 N–H and O–H groups in total. The zero-order chi connectivity index (χ0) is 17.7. The second kappa shape index (κ2) is 5.85. The zero-order valence-corrected chi connectivity index (χ0v) is 15.1. The largest absolute Gasteiger partial charge is 0.453 e. The quantitative estimate of drug-likeness (QED) is 0.856. The van der Waals surface area contributed by atoms with Crippen LogP contribution < -0.4 is 5.32 Å². The van der Waals surface area contributed by atoms with Crippen molar-refractivity contribution in [2.45, 2.75) is 24.8 Å². The van der Waals surface area contributed by atoms with Crippen molar-refractivity contribution in [3.63, 3.8) is 0 Å². The van der Waals surface area contributed by atoms with E-state index in [0.29, 0.717) is 12.0 Å². The normalized spacial score (nSPS) is 27.0. The minimum absolute atomic E-state index is 0.00387. The molecule has 3 saturated heterocycles. The van der Waals surface area contributed by atoms with E-state index in [4.69, 9.17) is 4.74 Å². The Balaban J connectivity index is 1.65. The summed E-state index contributed by atoms with van der Waals surface area (Å²) in [5.41, 5.74) is 5.50. The van der Waals surface area contributed by atoms with Gasteiger partial charge in [0.1, 0.15) is 0 Å². The number of hydrogen-bond acceptors (Lipinski definition) is 3. The van der Waals surface area contributed by atoms with Crippen molar-refractivity contribution in [3.8, 4) is 11.1 Å². The molecule has 0 saturated carbocycles. The second-order valence-electron chi connectivity index (χ2n) is 7.94. The van der Waals surface area contributed by atoms with Gasteiger partial charge in [-0.2, -0.15) is 0 Å². The van der Waals surface area contributed by atoms with Crippen LogP contribution in [-0.2, 0) is 4.74 Å². The Morgan fingerprint density at radius 3 is 2.35 bits per heavy atom. The van der Waals surface area contributed by atoms with Gasteiger partial charge in [0.2, 0.25) is 0 Å². The van der Waals surface area contributed by atoms with Crippen LogP contribution in [0.2, 0.25) is 0 Å². The molecule has 3 heterocycles. The fourth-order valence-electron chi connectivity index (χ4n) is 5.42. The Kier molecular flexibility index (Phi) is 3.57. The first-order valence-corrected chi connectivity index (χ1v) is 9.46. The van der Waals surface area contributed by atoms with Crippen molar-refractivity contribution in [3.05, 3.63) is 59.7 Å². The highest BCUT2D eigenvalue weighted by Gasteiger charge is 2.50. The van der Waals surface area contributed by atoms with E-state index in [1.54, 1.807) is 0 Å². The van der Waals surface area contributed by atoms with Crippen LogP contribution in [0.1, 0.15) is 29.9 Å². The highest BCUT2D eigenvalue weighted by Crippen LogP contribution is 2.56. The number of fused-ring (bicyclic) bond motifs is 7. The maximum atomic E-state index is 12.4. The van der Waals surface area contributed by atoms with Crippen LogP contribution in [0.5, 0.6) is 0 Å². The number of methoxy groups -OCH3 is 1. The molecule has 1 aliphatic carbocycles. The number of carbonyl (C=O) groups excluding carboxylic acids is 1. The van der Waals surface area contributed by atoms with Gasteiger partial charge >= 0.3 is 6.09 Å². The van der Waals surface area contributed by atoms with Crippen LogP contribution in [0.4, 0.5) is 4.79 Å². The van der Waals surface area contributed by atoms with Gasteiger partial charge < -0.3 is 15.0 Å². The molecule has 2 aromatic carbocycles. The molecule has 2 bridgehead atoms. The number of amides is 1. The molecule has 4 nitrogen and oxygen atoms in total. The predicted molar refractivity (Wildman–Crippen MR) is 101 cm³/mol. The number of rotatable bonds is 1. The molecule has 2 atom stereocenters. The molecule has 1 amide bonds. The number of nitrogens with zero attached hydrogens (tertiary/aromatic N) is 1. The standard InChI is InChI=1S/C22H24N2O2/c1-26-21(25)24-12-15-10-11-22(14-24,13-23-15)20-18-8-4-2-6-16(18)17-7-3-5-9-19(17)20/h2-9,15,20,23H,10-14H2,1H3. The Bertz CT molecular complexity index is 809. The summed E-state index contributed by atoms with van der Waals surface area (Å²) in [5.74, 6) is 0.314. The monoisotopic (exact) mass is 348 g/mol. The molecule has 0 aromatic heterocycles. The molecule has 134 valence electrons. The SMILES string of the molecule is COC(=O)N1CC2CCC(C3c4ccccc4-c4ccccc43)(CN2)C1. The number of carbonyl (C=O) groups is 1. The molecular weight excluding hydrogens is 324 g/mol. The van der Waals surface area contributed by atoms with Gasteiger partial charge in [-0.15, -0.1) is 0 Å². The van der Waals surface area contributed by atoms with Gasteiger partial charge in [-0.05, 0) is 35.1 Å². The van der Waals surface area contributed by atoms with Crippen molar-refractivity contribution in [2.24, 2.45) is 5.41 Å². The van der Waals surface area contributed by atoms with E-state index in [9.17, 15) is 4.79 Å². The molecular formula is C22H24N2O2. The lowest BCUT2D eigenvalue weighted by Gasteiger charge is -2.43. The molecule has 3 fully saturated rings. The number of piperidine rings is 1. The Morgan fingerprint density at radius 2 is 1.77 bits per heavy atom. The topological polar surface area (TPSA) is 41.6 Å². The molecule has 6 rings (SSSR count). The van der Waals surface area contributed by atoms with Gasteiger partial charge in [-0.25, -0.2) is 4.79 Å². The third-order valence-corrected chi connectivity index (χ3v) is 6.56. The highest BCUT2D eigenvalue weighted by molar-refractivity contribution is 5.79. The van der Waals surface area contributed by atoms with E-state index in [-0.39, 0.29) is 11.5 Å². The van der Waals surface area contributed by atoms with E-state index >= 15 is 0 Å². The van der Waals surface area contributed by atoms with Crippen molar-refractivity contribution in [1.82, 2.24) is 10.2 Å². The summed E-state index contributed by atoms with van der Waals surface area (Å²) in [4.78, 5) is 14.3. The molecule has 2 aromatic rings. The van der Waals surface area contributed by atoms with Crippen molar-refractivity contribution < 1.29 is 9.53 Å². The maximum absolute atomic E-state index is 12.4. The molecule has 0 radical (unpaired) electrons. The molecule has 4 heteroatoms. The Morgan fingerprint density at radius 1 is 1.12 bits per heavy atom. The van der Waals surface area contributed by atoms with Gasteiger partial charge in [-0.1, -0.05) is 48.5 Å². The number of nitrogens with one attached hydrogen (secondary N) is 1. The van der Waals surface area contributed by atoms with Gasteiger partial charge in [0.25, 0.3) is 0 Å². The first kappa shape index (κ1) is 15.9. The van der Waals surface area contributed by atoms with Crippen molar-refractivity contribution >= 4 is 6.09 Å². The fraction of sp³-hybridized carbons (Fsp3) is 0.409. The Labute approximate surface area is 154 Å². The zero-order valence-electron chi connectivity index (χ0n) is 15.1. The molecule has 3 aliphatic heterocycles. The smallest absolute Gasteiger partial charge is 0.409 e. The maximum Gasteiger partial charge on any atom is 0.409 e. The average molecular weight is 348 g/mol. The third-order valence-electron chi connectivity index (χ3n) is 6.56. The predicted octanol–water partition coefficient (Wildman–Crippen LogP) is 3.62. The number of ether oxygens (including phenoxy) is 1. The lowest BCUT2D eigenvalue weighted by molar-refractivity contribution is 0.103. The van der Waals surface area contributed by atoms with Crippen LogP contribution >= 0.6 is 0 Å². The first-order valence-electron chi connectivity index (χ1n) is 9.46. The lowest BCUT2D eigenvalue weighted by atomic mass is 9.66. The van der Waals surface area contributed by atoms with Crippen LogP contribution in [0.25, 0.3) is 11.1 Å². The summed E-state index contributed by atoms with van der Waals surface area (Å²) in [6.45, 7) is 2.43. The van der Waals surface area contributed by atoms with E-state index < -0.39 is 0 Å². The first-order chi connectivity index (χ1) is 12.7. The summed E-state index contributed by atoms with van der Waals surface area (Å²) in [6.07, 6.45) is 2.03. The molecule has 2 unspecified atom stereocenters. The van der Waals surface area contributed by atoms with E-state index in [1.807, 2.05) is 4.90 Å². The minimum Gasteiger partial charge on any atom is -0.453 e. The summed E-state index contributed by atoms with van der Waals surface area (Å²) in [6, 6.07) is 17.9.